The van der Waals surface area contributed by atoms with Crippen LogP contribution in [0.15, 0.2) is 61.1 Å². The number of aromatic nitrogens is 3. The molecule has 2 aromatic carbocycles. The Balaban J connectivity index is 1.71. The number of benzene rings is 2. The SMILES string of the molecule is CCOc1cc(C(=O)N(C)[C@H](CC[N+](C)(C)[O-])c2cncc3cn[nH]c23)ccc1-c1cccc(Cl)c1. The number of aromatic amines is 1. The van der Waals surface area contributed by atoms with Crippen LogP contribution in [0.25, 0.3) is 22.0 Å². The van der Waals surface area contributed by atoms with Gasteiger partial charge in [-0.2, -0.15) is 5.10 Å². The number of quaternary nitrogens is 1. The number of hydroxylamine groups is 3. The van der Waals surface area contributed by atoms with E-state index in [0.29, 0.717) is 35.9 Å². The van der Waals surface area contributed by atoms with E-state index in [0.717, 1.165) is 27.6 Å². The van der Waals surface area contributed by atoms with Gasteiger partial charge in [-0.1, -0.05) is 23.7 Å². The maximum absolute atomic E-state index is 13.7. The summed E-state index contributed by atoms with van der Waals surface area (Å²) in [7, 11) is 4.94. The van der Waals surface area contributed by atoms with Crippen molar-refractivity contribution in [1.29, 1.82) is 0 Å². The highest BCUT2D eigenvalue weighted by atomic mass is 35.5. The van der Waals surface area contributed by atoms with Crippen LogP contribution in [0.4, 0.5) is 0 Å². The molecule has 2 aromatic heterocycles. The van der Waals surface area contributed by atoms with Crippen LogP contribution in [0.2, 0.25) is 5.02 Å². The van der Waals surface area contributed by atoms with Gasteiger partial charge in [0.05, 0.1) is 45.0 Å². The second kappa shape index (κ2) is 10.7. The summed E-state index contributed by atoms with van der Waals surface area (Å²) in [6.45, 7) is 2.68. The number of pyridine rings is 1. The minimum Gasteiger partial charge on any atom is -0.633 e. The Labute approximate surface area is 215 Å². The lowest BCUT2D eigenvalue weighted by molar-refractivity contribution is -0.840. The van der Waals surface area contributed by atoms with E-state index < -0.39 is 4.65 Å². The van der Waals surface area contributed by atoms with Gasteiger partial charge in [0.2, 0.25) is 0 Å². The summed E-state index contributed by atoms with van der Waals surface area (Å²) in [5.74, 6) is 0.414. The van der Waals surface area contributed by atoms with Crippen LogP contribution in [0.3, 0.4) is 0 Å². The van der Waals surface area contributed by atoms with Gasteiger partial charge in [0.25, 0.3) is 5.91 Å². The van der Waals surface area contributed by atoms with Crippen molar-refractivity contribution in [3.05, 3.63) is 82.4 Å². The monoisotopic (exact) mass is 507 g/mol. The van der Waals surface area contributed by atoms with E-state index >= 15 is 0 Å². The molecule has 0 unspecified atom stereocenters. The van der Waals surface area contributed by atoms with Crippen LogP contribution in [0.1, 0.15) is 35.3 Å². The Kier molecular flexibility index (Phi) is 7.59. The molecule has 0 spiro atoms. The summed E-state index contributed by atoms with van der Waals surface area (Å²) in [5, 5.41) is 21.0. The van der Waals surface area contributed by atoms with E-state index in [1.807, 2.05) is 37.3 Å². The third kappa shape index (κ3) is 5.67. The van der Waals surface area contributed by atoms with Gasteiger partial charge in [-0.05, 0) is 42.8 Å². The van der Waals surface area contributed by atoms with Crippen LogP contribution in [0, 0.1) is 5.21 Å². The van der Waals surface area contributed by atoms with E-state index in [9.17, 15) is 10.0 Å². The van der Waals surface area contributed by atoms with Crippen LogP contribution in [-0.4, -0.2) is 64.9 Å². The highest BCUT2D eigenvalue weighted by Crippen LogP contribution is 2.34. The summed E-state index contributed by atoms with van der Waals surface area (Å²) >= 11 is 6.20. The van der Waals surface area contributed by atoms with Crippen molar-refractivity contribution in [3.8, 4) is 16.9 Å². The first-order chi connectivity index (χ1) is 17.2. The van der Waals surface area contributed by atoms with Gasteiger partial charge < -0.3 is 19.5 Å². The minimum atomic E-state index is -0.465. The van der Waals surface area contributed by atoms with E-state index in [2.05, 4.69) is 15.2 Å². The Morgan fingerprint density at radius 3 is 2.72 bits per heavy atom. The fraction of sp³-hybridized carbons (Fsp3) is 0.296. The van der Waals surface area contributed by atoms with Crippen molar-refractivity contribution in [1.82, 2.24) is 20.1 Å². The molecule has 9 heteroatoms. The molecule has 0 saturated carbocycles. The molecule has 1 atom stereocenters. The summed E-state index contributed by atoms with van der Waals surface area (Å²) in [4.78, 5) is 19.7. The zero-order valence-corrected chi connectivity index (χ0v) is 21.6. The van der Waals surface area contributed by atoms with E-state index in [-0.39, 0.29) is 11.9 Å². The van der Waals surface area contributed by atoms with Gasteiger partial charge in [0.15, 0.2) is 0 Å². The fourth-order valence-corrected chi connectivity index (χ4v) is 4.49. The summed E-state index contributed by atoms with van der Waals surface area (Å²) in [5.41, 5.74) is 3.86. The highest BCUT2D eigenvalue weighted by molar-refractivity contribution is 6.30. The molecule has 0 aliphatic heterocycles. The summed E-state index contributed by atoms with van der Waals surface area (Å²) in [6.07, 6.45) is 5.60. The molecule has 188 valence electrons. The smallest absolute Gasteiger partial charge is 0.254 e. The van der Waals surface area contributed by atoms with Crippen molar-refractivity contribution in [2.75, 3.05) is 34.3 Å². The lowest BCUT2D eigenvalue weighted by Gasteiger charge is -2.37. The van der Waals surface area contributed by atoms with Crippen molar-refractivity contribution in [3.63, 3.8) is 0 Å². The molecule has 36 heavy (non-hydrogen) atoms. The van der Waals surface area contributed by atoms with Gasteiger partial charge in [0, 0.05) is 53.0 Å². The second-order valence-electron chi connectivity index (χ2n) is 9.24. The molecule has 1 N–H and O–H groups in total. The Morgan fingerprint density at radius 1 is 1.19 bits per heavy atom. The third-order valence-electron chi connectivity index (χ3n) is 6.14. The number of rotatable bonds is 9. The van der Waals surface area contributed by atoms with Crippen molar-refractivity contribution in [2.45, 2.75) is 19.4 Å². The standard InChI is InChI=1S/C27H30ClN5O3/c1-5-36-25-14-19(9-10-22(25)18-7-6-8-21(28)13-18)27(34)32(2)24(11-12-33(3,4)35)23-17-29-15-20-16-30-31-26(20)23/h6-10,13-17,24H,5,11-12H2,1-4H3,(H,30,31)/t24-/m1/s1. The maximum Gasteiger partial charge on any atom is 0.254 e. The lowest BCUT2D eigenvalue weighted by Crippen LogP contribution is -2.38. The Bertz CT molecular complexity index is 1370. The van der Waals surface area contributed by atoms with Gasteiger partial charge >= 0.3 is 0 Å². The number of carbonyl (C=O) groups excluding carboxylic acids is 1. The maximum atomic E-state index is 13.7. The van der Waals surface area contributed by atoms with E-state index in [4.69, 9.17) is 16.3 Å². The van der Waals surface area contributed by atoms with Crippen LogP contribution >= 0.6 is 11.6 Å². The third-order valence-corrected chi connectivity index (χ3v) is 6.37. The molecule has 4 aromatic rings. The predicted molar refractivity (Wildman–Crippen MR) is 142 cm³/mol. The topological polar surface area (TPSA) is 94.2 Å². The first-order valence-electron chi connectivity index (χ1n) is 11.8. The number of hydrogen-bond acceptors (Lipinski definition) is 5. The van der Waals surface area contributed by atoms with Crippen LogP contribution in [-0.2, 0) is 0 Å². The molecule has 0 aliphatic carbocycles. The number of amides is 1. The second-order valence-corrected chi connectivity index (χ2v) is 9.67. The molecule has 2 heterocycles. The van der Waals surface area contributed by atoms with E-state index in [1.165, 1.54) is 0 Å². The van der Waals surface area contributed by atoms with Crippen LogP contribution < -0.4 is 4.74 Å². The highest BCUT2D eigenvalue weighted by Gasteiger charge is 2.27. The molecule has 8 nitrogen and oxygen atoms in total. The van der Waals surface area contributed by atoms with Crippen molar-refractivity contribution < 1.29 is 14.2 Å². The van der Waals surface area contributed by atoms with Crippen molar-refractivity contribution >= 4 is 28.4 Å². The molecule has 0 radical (unpaired) electrons. The van der Waals surface area contributed by atoms with Gasteiger partial charge in [-0.25, -0.2) is 0 Å². The molecule has 0 fully saturated rings. The zero-order valence-electron chi connectivity index (χ0n) is 20.9. The van der Waals surface area contributed by atoms with Crippen LogP contribution in [0.5, 0.6) is 5.75 Å². The number of fused-ring (bicyclic) bond motifs is 1. The minimum absolute atomic E-state index is 0.189. The van der Waals surface area contributed by atoms with Crippen molar-refractivity contribution in [2.24, 2.45) is 0 Å². The average Bonchev–Trinajstić information content (AvgIpc) is 3.33. The average molecular weight is 508 g/mol. The molecule has 0 aliphatic rings. The number of nitrogens with one attached hydrogen (secondary N) is 1. The Morgan fingerprint density at radius 2 is 2.00 bits per heavy atom. The first-order valence-corrected chi connectivity index (χ1v) is 12.2. The number of ether oxygens (including phenoxy) is 1. The molecule has 4 rings (SSSR count). The molecular formula is C27H30ClN5O3. The molecular weight excluding hydrogens is 478 g/mol. The number of halogens is 1. The molecule has 0 saturated heterocycles. The molecule has 1 amide bonds. The van der Waals surface area contributed by atoms with Gasteiger partial charge in [-0.3, -0.25) is 14.9 Å². The summed E-state index contributed by atoms with van der Waals surface area (Å²) < 4.78 is 5.44. The number of hydrogen-bond donors (Lipinski definition) is 1. The normalized spacial score (nSPS) is 12.5. The zero-order chi connectivity index (χ0) is 25.9. The summed E-state index contributed by atoms with van der Waals surface area (Å²) in [6, 6.07) is 12.6. The molecule has 0 bridgehead atoms. The first kappa shape index (κ1) is 25.6. The Hall–Kier alpha value is -3.46. The van der Waals surface area contributed by atoms with Gasteiger partial charge in [-0.15, -0.1) is 0 Å². The predicted octanol–water partition coefficient (Wildman–Crippen LogP) is 5.45. The van der Waals surface area contributed by atoms with Gasteiger partial charge in [0.1, 0.15) is 5.75 Å². The number of H-pyrrole nitrogens is 1. The largest absolute Gasteiger partial charge is 0.633 e. The number of nitrogens with zero attached hydrogens (tertiary/aromatic N) is 4. The fourth-order valence-electron chi connectivity index (χ4n) is 4.30. The number of carbonyl (C=O) groups is 1. The quantitative estimate of drug-likeness (QED) is 0.240. The lowest BCUT2D eigenvalue weighted by atomic mass is 9.99. The van der Waals surface area contributed by atoms with E-state index in [1.54, 1.807) is 56.8 Å².